The molecule has 1 amide bonds. The maximum atomic E-state index is 12.2. The van der Waals surface area contributed by atoms with Crippen molar-refractivity contribution >= 4 is 5.91 Å². The Labute approximate surface area is 114 Å². The highest BCUT2D eigenvalue weighted by Gasteiger charge is 2.22. The van der Waals surface area contributed by atoms with E-state index in [1.54, 1.807) is 6.26 Å². The second-order valence-corrected chi connectivity index (χ2v) is 5.09. The number of nitrogens with zero attached hydrogens (tertiary/aromatic N) is 1. The molecule has 1 saturated heterocycles. The van der Waals surface area contributed by atoms with Crippen LogP contribution in [-0.4, -0.2) is 30.1 Å². The van der Waals surface area contributed by atoms with Crippen molar-refractivity contribution < 1.29 is 13.9 Å². The highest BCUT2D eigenvalue weighted by atomic mass is 16.5. The van der Waals surface area contributed by atoms with Crippen molar-refractivity contribution in [2.75, 3.05) is 13.2 Å². The SMILES string of the molecule is CCCCC(=O)N(Cc1ccco1)C[C@H]1CCCO1. The average Bonchev–Trinajstić information content (AvgIpc) is 3.08. The molecule has 0 saturated carbocycles. The van der Waals surface area contributed by atoms with Crippen molar-refractivity contribution in [3.63, 3.8) is 0 Å². The summed E-state index contributed by atoms with van der Waals surface area (Å²) in [7, 11) is 0. The fourth-order valence-electron chi connectivity index (χ4n) is 2.37. The topological polar surface area (TPSA) is 42.7 Å². The van der Waals surface area contributed by atoms with Crippen molar-refractivity contribution in [1.82, 2.24) is 4.90 Å². The van der Waals surface area contributed by atoms with Gasteiger partial charge < -0.3 is 14.1 Å². The molecule has 4 nitrogen and oxygen atoms in total. The molecular weight excluding hydrogens is 242 g/mol. The first-order valence-electron chi connectivity index (χ1n) is 7.21. The molecule has 19 heavy (non-hydrogen) atoms. The monoisotopic (exact) mass is 265 g/mol. The predicted molar refractivity (Wildman–Crippen MR) is 72.6 cm³/mol. The second-order valence-electron chi connectivity index (χ2n) is 5.09. The van der Waals surface area contributed by atoms with Crippen molar-refractivity contribution in [1.29, 1.82) is 0 Å². The highest BCUT2D eigenvalue weighted by Crippen LogP contribution is 2.16. The first-order valence-corrected chi connectivity index (χ1v) is 7.21. The number of amides is 1. The van der Waals surface area contributed by atoms with Crippen LogP contribution in [0.15, 0.2) is 22.8 Å². The zero-order valence-corrected chi connectivity index (χ0v) is 11.6. The van der Waals surface area contributed by atoms with Crippen LogP contribution in [0.25, 0.3) is 0 Å². The van der Waals surface area contributed by atoms with Gasteiger partial charge in [0.05, 0.1) is 18.9 Å². The first-order chi connectivity index (χ1) is 9.29. The van der Waals surface area contributed by atoms with Gasteiger partial charge in [0.15, 0.2) is 0 Å². The zero-order chi connectivity index (χ0) is 13.5. The lowest BCUT2D eigenvalue weighted by molar-refractivity contribution is -0.133. The molecular formula is C15H23NO3. The number of ether oxygens (including phenoxy) is 1. The molecule has 0 N–H and O–H groups in total. The van der Waals surface area contributed by atoms with Gasteiger partial charge in [-0.1, -0.05) is 13.3 Å². The molecule has 0 aliphatic carbocycles. The van der Waals surface area contributed by atoms with E-state index >= 15 is 0 Å². The number of unbranched alkanes of at least 4 members (excludes halogenated alkanes) is 1. The molecule has 2 heterocycles. The van der Waals surface area contributed by atoms with E-state index in [0.717, 1.165) is 38.1 Å². The normalized spacial score (nSPS) is 18.7. The van der Waals surface area contributed by atoms with Gasteiger partial charge >= 0.3 is 0 Å². The number of rotatable bonds is 7. The van der Waals surface area contributed by atoms with E-state index in [-0.39, 0.29) is 12.0 Å². The summed E-state index contributed by atoms with van der Waals surface area (Å²) in [6, 6.07) is 3.77. The summed E-state index contributed by atoms with van der Waals surface area (Å²) in [5.74, 6) is 1.04. The van der Waals surface area contributed by atoms with Crippen LogP contribution < -0.4 is 0 Å². The first kappa shape index (κ1) is 14.1. The van der Waals surface area contributed by atoms with Crippen molar-refractivity contribution in [3.8, 4) is 0 Å². The predicted octanol–water partition coefficient (Wildman–Crippen LogP) is 2.98. The van der Waals surface area contributed by atoms with E-state index in [0.29, 0.717) is 19.5 Å². The van der Waals surface area contributed by atoms with Crippen LogP contribution in [0.3, 0.4) is 0 Å². The van der Waals surface area contributed by atoms with E-state index in [1.165, 1.54) is 0 Å². The Morgan fingerprint density at radius 2 is 2.42 bits per heavy atom. The van der Waals surface area contributed by atoms with Crippen LogP contribution >= 0.6 is 0 Å². The van der Waals surface area contributed by atoms with Gasteiger partial charge in [0.2, 0.25) is 5.91 Å². The van der Waals surface area contributed by atoms with Crippen LogP contribution in [0.2, 0.25) is 0 Å². The summed E-state index contributed by atoms with van der Waals surface area (Å²) < 4.78 is 11.0. The van der Waals surface area contributed by atoms with E-state index < -0.39 is 0 Å². The molecule has 0 bridgehead atoms. The Hall–Kier alpha value is -1.29. The summed E-state index contributed by atoms with van der Waals surface area (Å²) in [6.07, 6.45) is 6.60. The fraction of sp³-hybridized carbons (Fsp3) is 0.667. The molecule has 4 heteroatoms. The molecule has 1 aromatic rings. The lowest BCUT2D eigenvalue weighted by Gasteiger charge is -2.24. The standard InChI is InChI=1S/C15H23NO3/c1-2-3-8-15(17)16(11-13-6-4-9-18-13)12-14-7-5-10-19-14/h4,6,9,14H,2-3,5,7-8,10-12H2,1H3/t14-/m1/s1. The van der Waals surface area contributed by atoms with Crippen molar-refractivity contribution in [3.05, 3.63) is 24.2 Å². The van der Waals surface area contributed by atoms with E-state index in [2.05, 4.69) is 6.92 Å². The van der Waals surface area contributed by atoms with Crippen LogP contribution in [0.1, 0.15) is 44.8 Å². The van der Waals surface area contributed by atoms with Crippen molar-refractivity contribution in [2.45, 2.75) is 51.7 Å². The third-order valence-electron chi connectivity index (χ3n) is 3.47. The largest absolute Gasteiger partial charge is 0.467 e. The Morgan fingerprint density at radius 1 is 1.53 bits per heavy atom. The van der Waals surface area contributed by atoms with Crippen LogP contribution in [0.4, 0.5) is 0 Å². The maximum absolute atomic E-state index is 12.2. The molecule has 1 atom stereocenters. The van der Waals surface area contributed by atoms with Crippen LogP contribution in [-0.2, 0) is 16.1 Å². The minimum Gasteiger partial charge on any atom is -0.467 e. The molecule has 0 radical (unpaired) electrons. The lowest BCUT2D eigenvalue weighted by atomic mass is 10.2. The highest BCUT2D eigenvalue weighted by molar-refractivity contribution is 5.76. The number of carbonyl (C=O) groups is 1. The van der Waals surface area contributed by atoms with Gasteiger partial charge in [0.25, 0.3) is 0 Å². The number of furan rings is 1. The van der Waals surface area contributed by atoms with Crippen molar-refractivity contribution in [2.24, 2.45) is 0 Å². The Balaban J connectivity index is 1.92. The third-order valence-corrected chi connectivity index (χ3v) is 3.47. The summed E-state index contributed by atoms with van der Waals surface area (Å²) >= 11 is 0. The number of hydrogen-bond acceptors (Lipinski definition) is 3. The Kier molecular flexibility index (Phi) is 5.45. The zero-order valence-electron chi connectivity index (χ0n) is 11.6. The molecule has 0 aromatic carbocycles. The molecule has 0 unspecified atom stereocenters. The van der Waals surface area contributed by atoms with Crippen LogP contribution in [0, 0.1) is 0 Å². The molecule has 1 fully saturated rings. The second kappa shape index (κ2) is 7.34. The molecule has 106 valence electrons. The summed E-state index contributed by atoms with van der Waals surface area (Å²) in [5.41, 5.74) is 0. The maximum Gasteiger partial charge on any atom is 0.223 e. The Morgan fingerprint density at radius 3 is 3.05 bits per heavy atom. The minimum atomic E-state index is 0.195. The van der Waals surface area contributed by atoms with Gasteiger partial charge in [-0.2, -0.15) is 0 Å². The number of carbonyl (C=O) groups excluding carboxylic acids is 1. The van der Waals surface area contributed by atoms with E-state index in [9.17, 15) is 4.79 Å². The average molecular weight is 265 g/mol. The molecule has 0 spiro atoms. The van der Waals surface area contributed by atoms with Gasteiger partial charge in [-0.3, -0.25) is 4.79 Å². The number of hydrogen-bond donors (Lipinski definition) is 0. The fourth-order valence-corrected chi connectivity index (χ4v) is 2.37. The molecule has 1 aliphatic rings. The summed E-state index contributed by atoms with van der Waals surface area (Å²) in [5, 5.41) is 0. The molecule has 2 rings (SSSR count). The third kappa shape index (κ3) is 4.39. The smallest absolute Gasteiger partial charge is 0.223 e. The lowest BCUT2D eigenvalue weighted by Crippen LogP contribution is -2.36. The van der Waals surface area contributed by atoms with E-state index in [4.69, 9.17) is 9.15 Å². The van der Waals surface area contributed by atoms with Gasteiger partial charge in [-0.15, -0.1) is 0 Å². The van der Waals surface area contributed by atoms with Gasteiger partial charge in [-0.25, -0.2) is 0 Å². The van der Waals surface area contributed by atoms with Gasteiger partial charge in [0, 0.05) is 19.6 Å². The summed E-state index contributed by atoms with van der Waals surface area (Å²) in [6.45, 7) is 4.16. The van der Waals surface area contributed by atoms with Crippen LogP contribution in [0.5, 0.6) is 0 Å². The molecule has 1 aliphatic heterocycles. The molecule has 1 aromatic heterocycles. The summed E-state index contributed by atoms with van der Waals surface area (Å²) in [4.78, 5) is 14.1. The van der Waals surface area contributed by atoms with Gasteiger partial charge in [-0.05, 0) is 31.4 Å². The van der Waals surface area contributed by atoms with Gasteiger partial charge in [0.1, 0.15) is 5.76 Å². The quantitative estimate of drug-likeness (QED) is 0.761. The van der Waals surface area contributed by atoms with E-state index in [1.807, 2.05) is 17.0 Å². The minimum absolute atomic E-state index is 0.195. The Bertz CT molecular complexity index is 369.